The fraction of sp³-hybridized carbons (Fsp3) is 0.824. The van der Waals surface area contributed by atoms with Crippen LogP contribution in [0.15, 0.2) is 11.6 Å². The van der Waals surface area contributed by atoms with Crippen LogP contribution in [0.4, 0.5) is 0 Å². The summed E-state index contributed by atoms with van der Waals surface area (Å²) in [4.78, 5) is 0. The molecule has 0 amide bonds. The van der Waals surface area contributed by atoms with E-state index in [0.717, 1.165) is 0 Å². The van der Waals surface area contributed by atoms with E-state index in [1.807, 2.05) is 5.57 Å². The Bertz CT molecular complexity index is 255. The van der Waals surface area contributed by atoms with Crippen molar-refractivity contribution in [2.45, 2.75) is 84.5 Å². The molecule has 0 aliphatic heterocycles. The Labute approximate surface area is 108 Å². The lowest BCUT2D eigenvalue weighted by Crippen LogP contribution is -2.28. The van der Waals surface area contributed by atoms with Gasteiger partial charge in [-0.1, -0.05) is 57.6 Å². The highest BCUT2D eigenvalue weighted by Gasteiger charge is 2.39. The summed E-state index contributed by atoms with van der Waals surface area (Å²) in [7, 11) is 0. The number of hydrogen-bond donors (Lipinski definition) is 0. The molecule has 0 bridgehead atoms. The van der Waals surface area contributed by atoms with Crippen molar-refractivity contribution in [3.63, 3.8) is 0 Å². The largest absolute Gasteiger partial charge is 0.0841 e. The molecule has 0 N–H and O–H groups in total. The molecular weight excluding hydrogens is 204 g/mol. The average molecular weight is 233 g/mol. The summed E-state index contributed by atoms with van der Waals surface area (Å²) in [5.74, 6) is 1.79. The first-order chi connectivity index (χ1) is 8.32. The zero-order chi connectivity index (χ0) is 12.1. The minimum absolute atomic E-state index is 0.607. The first-order valence-electron chi connectivity index (χ1n) is 7.88. The van der Waals surface area contributed by atoms with Crippen molar-refractivity contribution < 1.29 is 0 Å². The minimum atomic E-state index is 0.607. The molecule has 2 rings (SSSR count). The minimum Gasteiger partial charge on any atom is -0.0841 e. The summed E-state index contributed by atoms with van der Waals surface area (Å²) in [5.41, 5.74) is 2.42. The Kier molecular flexibility index (Phi) is 4.70. The Hall–Kier alpha value is -0.260. The predicted octanol–water partition coefficient (Wildman–Crippen LogP) is 5.83. The van der Waals surface area contributed by atoms with Crippen molar-refractivity contribution in [3.8, 4) is 0 Å². The van der Waals surface area contributed by atoms with Crippen LogP contribution >= 0.6 is 0 Å². The molecule has 17 heavy (non-hydrogen) atoms. The van der Waals surface area contributed by atoms with Gasteiger partial charge in [0.15, 0.2) is 0 Å². The fourth-order valence-electron chi connectivity index (χ4n) is 4.03. The van der Waals surface area contributed by atoms with Crippen LogP contribution in [0.3, 0.4) is 0 Å². The highest BCUT2D eigenvalue weighted by molar-refractivity contribution is 5.36. The van der Waals surface area contributed by atoms with Crippen LogP contribution in [-0.4, -0.2) is 0 Å². The van der Waals surface area contributed by atoms with Crippen LogP contribution < -0.4 is 0 Å². The van der Waals surface area contributed by atoms with E-state index >= 15 is 0 Å². The molecule has 0 aromatic carbocycles. The van der Waals surface area contributed by atoms with Gasteiger partial charge in [-0.2, -0.15) is 0 Å². The first kappa shape index (κ1) is 13.2. The van der Waals surface area contributed by atoms with Gasteiger partial charge in [-0.25, -0.2) is 0 Å². The van der Waals surface area contributed by atoms with Crippen LogP contribution in [0, 0.1) is 11.3 Å². The van der Waals surface area contributed by atoms with E-state index in [1.54, 1.807) is 5.92 Å². The van der Waals surface area contributed by atoms with Gasteiger partial charge < -0.3 is 0 Å². The number of hydrogen-bond acceptors (Lipinski definition) is 0. The molecule has 0 nitrogen and oxygen atoms in total. The standard InChI is InChI=1S/C17H29/c1-3-5-12-17(13-7-6-8-14-17)16-11-9-10-15(16)4-2/h11H,3-10,12-14H2,1-2H3. The molecule has 0 aromatic heterocycles. The molecule has 0 spiro atoms. The van der Waals surface area contributed by atoms with E-state index in [9.17, 15) is 0 Å². The number of rotatable bonds is 5. The third kappa shape index (κ3) is 2.77. The van der Waals surface area contributed by atoms with Crippen molar-refractivity contribution in [1.29, 1.82) is 0 Å². The van der Waals surface area contributed by atoms with E-state index in [1.165, 1.54) is 70.6 Å². The second-order valence-corrected chi connectivity index (χ2v) is 6.06. The molecule has 1 fully saturated rings. The molecule has 0 saturated heterocycles. The van der Waals surface area contributed by atoms with Crippen LogP contribution in [0.5, 0.6) is 0 Å². The van der Waals surface area contributed by atoms with E-state index in [0.29, 0.717) is 5.41 Å². The van der Waals surface area contributed by atoms with Crippen molar-refractivity contribution in [1.82, 2.24) is 0 Å². The molecule has 2 aliphatic carbocycles. The van der Waals surface area contributed by atoms with E-state index in [-0.39, 0.29) is 0 Å². The summed E-state index contributed by atoms with van der Waals surface area (Å²) in [6.45, 7) is 4.69. The van der Waals surface area contributed by atoms with Gasteiger partial charge in [-0.05, 0) is 43.9 Å². The lowest BCUT2D eigenvalue weighted by Gasteiger charge is -2.41. The summed E-state index contributed by atoms with van der Waals surface area (Å²) >= 11 is 0. The molecule has 97 valence electrons. The van der Waals surface area contributed by atoms with Gasteiger partial charge in [-0.3, -0.25) is 0 Å². The second-order valence-electron chi connectivity index (χ2n) is 6.06. The van der Waals surface area contributed by atoms with Gasteiger partial charge in [-0.15, -0.1) is 0 Å². The maximum atomic E-state index is 2.60. The maximum Gasteiger partial charge on any atom is 0.00115 e. The van der Waals surface area contributed by atoms with Gasteiger partial charge in [0.1, 0.15) is 0 Å². The summed E-state index contributed by atoms with van der Waals surface area (Å²) in [5, 5.41) is 0. The molecule has 1 radical (unpaired) electrons. The van der Waals surface area contributed by atoms with E-state index < -0.39 is 0 Å². The zero-order valence-corrected chi connectivity index (χ0v) is 11.9. The van der Waals surface area contributed by atoms with E-state index in [4.69, 9.17) is 0 Å². The SMILES string of the molecule is CCCCC1(C2=CCC[C]2CC)CCCCC1. The zero-order valence-electron chi connectivity index (χ0n) is 11.9. The lowest BCUT2D eigenvalue weighted by molar-refractivity contribution is 0.214. The molecule has 0 heterocycles. The maximum absolute atomic E-state index is 2.60. The Balaban J connectivity index is 2.13. The van der Waals surface area contributed by atoms with Crippen LogP contribution in [0.2, 0.25) is 0 Å². The van der Waals surface area contributed by atoms with E-state index in [2.05, 4.69) is 19.9 Å². The van der Waals surface area contributed by atoms with Crippen molar-refractivity contribution in [3.05, 3.63) is 17.6 Å². The molecular formula is C17H29. The third-order valence-electron chi connectivity index (χ3n) is 4.99. The van der Waals surface area contributed by atoms with Crippen LogP contribution in [0.1, 0.15) is 84.5 Å². The van der Waals surface area contributed by atoms with Crippen molar-refractivity contribution in [2.24, 2.45) is 5.41 Å². The summed E-state index contributed by atoms with van der Waals surface area (Å²) in [6, 6.07) is 0. The van der Waals surface area contributed by atoms with Gasteiger partial charge in [0.05, 0.1) is 0 Å². The highest BCUT2D eigenvalue weighted by atomic mass is 14.4. The third-order valence-corrected chi connectivity index (χ3v) is 4.99. The summed E-state index contributed by atoms with van der Waals surface area (Å²) in [6.07, 6.45) is 18.2. The molecule has 0 atom stereocenters. The van der Waals surface area contributed by atoms with Crippen molar-refractivity contribution in [2.75, 3.05) is 0 Å². The van der Waals surface area contributed by atoms with Gasteiger partial charge in [0.25, 0.3) is 0 Å². The van der Waals surface area contributed by atoms with Gasteiger partial charge >= 0.3 is 0 Å². The smallest absolute Gasteiger partial charge is 0.00115 e. The first-order valence-corrected chi connectivity index (χ1v) is 7.88. The molecule has 1 saturated carbocycles. The molecule has 0 unspecified atom stereocenters. The highest BCUT2D eigenvalue weighted by Crippen LogP contribution is 2.53. The number of allylic oxidation sites excluding steroid dienone is 2. The predicted molar refractivity (Wildman–Crippen MR) is 75.9 cm³/mol. The van der Waals surface area contributed by atoms with Crippen LogP contribution in [-0.2, 0) is 0 Å². The Morgan fingerprint density at radius 3 is 2.53 bits per heavy atom. The molecule has 0 heteroatoms. The molecule has 0 aromatic rings. The van der Waals surface area contributed by atoms with Gasteiger partial charge in [0, 0.05) is 5.92 Å². The Morgan fingerprint density at radius 1 is 1.12 bits per heavy atom. The lowest BCUT2D eigenvalue weighted by atomic mass is 9.63. The molecule has 2 aliphatic rings. The fourth-order valence-corrected chi connectivity index (χ4v) is 4.03. The van der Waals surface area contributed by atoms with Crippen molar-refractivity contribution >= 4 is 0 Å². The monoisotopic (exact) mass is 233 g/mol. The average Bonchev–Trinajstić information content (AvgIpc) is 2.86. The van der Waals surface area contributed by atoms with Crippen LogP contribution in [0.25, 0.3) is 0 Å². The normalized spacial score (nSPS) is 24.9. The topological polar surface area (TPSA) is 0 Å². The summed E-state index contributed by atoms with van der Waals surface area (Å²) < 4.78 is 0. The second kappa shape index (κ2) is 6.07. The Morgan fingerprint density at radius 2 is 1.88 bits per heavy atom. The van der Waals surface area contributed by atoms with Gasteiger partial charge in [0.2, 0.25) is 0 Å². The number of unbranched alkanes of at least 4 members (excludes halogenated alkanes) is 1. The quantitative estimate of drug-likeness (QED) is 0.560.